The predicted octanol–water partition coefficient (Wildman–Crippen LogP) is 5.29. The largest absolute Gasteiger partial charge is 0.497 e. The maximum Gasteiger partial charge on any atom is 0.254 e. The lowest BCUT2D eigenvalue weighted by Crippen LogP contribution is -2.16. The average molecular weight is 451 g/mol. The van der Waals surface area contributed by atoms with E-state index >= 15 is 0 Å². The number of methoxy groups -OCH3 is 2. The Bertz CT molecular complexity index is 1040. The highest BCUT2D eigenvalue weighted by atomic mass is 35.5. The molecule has 1 heterocycles. The van der Waals surface area contributed by atoms with Crippen LogP contribution in [0.15, 0.2) is 46.3 Å². The second-order valence-electron chi connectivity index (χ2n) is 6.33. The Labute approximate surface area is 183 Å². The number of rotatable bonds is 7. The number of nitrogens with one attached hydrogen (secondary N) is 1. The van der Waals surface area contributed by atoms with Crippen LogP contribution >= 0.6 is 35.0 Å². The first kappa shape index (κ1) is 21.6. The first-order chi connectivity index (χ1) is 13.9. The summed E-state index contributed by atoms with van der Waals surface area (Å²) >= 11 is 14.0. The molecule has 0 aliphatic rings. The number of halogens is 2. The fraction of sp³-hybridized carbons (Fsp3) is 0.238. The highest BCUT2D eigenvalue weighted by Gasteiger charge is 2.13. The van der Waals surface area contributed by atoms with Crippen molar-refractivity contribution < 1.29 is 9.47 Å². The van der Waals surface area contributed by atoms with Gasteiger partial charge in [0.15, 0.2) is 5.16 Å². The van der Waals surface area contributed by atoms with Crippen LogP contribution < -0.4 is 15.0 Å². The van der Waals surface area contributed by atoms with Crippen molar-refractivity contribution in [1.82, 2.24) is 9.97 Å². The Morgan fingerprint density at radius 1 is 1.07 bits per heavy atom. The van der Waals surface area contributed by atoms with Crippen LogP contribution in [0, 0.1) is 6.92 Å². The maximum atomic E-state index is 12.4. The van der Waals surface area contributed by atoms with Crippen molar-refractivity contribution in [2.45, 2.75) is 24.3 Å². The van der Waals surface area contributed by atoms with Crippen molar-refractivity contribution in [3.05, 3.63) is 79.2 Å². The number of hydrogen-bond acceptors (Lipinski definition) is 5. The number of hydrogen-bond donors (Lipinski definition) is 1. The first-order valence-electron chi connectivity index (χ1n) is 8.78. The molecule has 3 rings (SSSR count). The summed E-state index contributed by atoms with van der Waals surface area (Å²) in [6, 6.07) is 11.0. The Balaban J connectivity index is 1.85. The average Bonchev–Trinajstić information content (AvgIpc) is 2.72. The summed E-state index contributed by atoms with van der Waals surface area (Å²) in [5.41, 5.74) is 2.77. The third-order valence-corrected chi connectivity index (χ3v) is 6.08. The van der Waals surface area contributed by atoms with E-state index in [2.05, 4.69) is 9.97 Å². The number of ether oxygens (including phenoxy) is 2. The van der Waals surface area contributed by atoms with Crippen molar-refractivity contribution in [3.63, 3.8) is 0 Å². The Morgan fingerprint density at radius 3 is 2.28 bits per heavy atom. The summed E-state index contributed by atoms with van der Waals surface area (Å²) in [7, 11) is 3.22. The molecule has 0 spiro atoms. The molecule has 0 saturated heterocycles. The molecule has 0 unspecified atom stereocenters. The van der Waals surface area contributed by atoms with Gasteiger partial charge in [-0.05, 0) is 42.3 Å². The van der Waals surface area contributed by atoms with E-state index in [-0.39, 0.29) is 5.56 Å². The standard InChI is InChI=1S/C21H20Cl2N2O3S/c1-12-19(10-16-17(22)5-4-6-18(16)23)24-21(25-20(12)26)29-11-13-7-14(27-2)9-15(8-13)28-3/h4-9H,10-11H2,1-3H3,(H,24,25,26). The van der Waals surface area contributed by atoms with Gasteiger partial charge in [0.05, 0.1) is 19.9 Å². The third-order valence-electron chi connectivity index (χ3n) is 4.42. The van der Waals surface area contributed by atoms with Crippen LogP contribution in [0.5, 0.6) is 11.5 Å². The second kappa shape index (κ2) is 9.57. The van der Waals surface area contributed by atoms with E-state index in [0.29, 0.717) is 50.1 Å². The number of nitrogens with zero attached hydrogens (tertiary/aromatic N) is 1. The lowest BCUT2D eigenvalue weighted by molar-refractivity contribution is 0.393. The van der Waals surface area contributed by atoms with Gasteiger partial charge in [-0.1, -0.05) is 41.0 Å². The molecule has 29 heavy (non-hydrogen) atoms. The molecule has 3 aromatic rings. The molecule has 0 aliphatic heterocycles. The fourth-order valence-corrected chi connectivity index (χ4v) is 4.11. The van der Waals surface area contributed by atoms with E-state index in [9.17, 15) is 4.79 Å². The van der Waals surface area contributed by atoms with Gasteiger partial charge in [-0.25, -0.2) is 4.98 Å². The van der Waals surface area contributed by atoms with Crippen molar-refractivity contribution in [1.29, 1.82) is 0 Å². The summed E-state index contributed by atoms with van der Waals surface area (Å²) in [4.78, 5) is 19.9. The van der Waals surface area contributed by atoms with Crippen LogP contribution in [0.4, 0.5) is 0 Å². The van der Waals surface area contributed by atoms with Gasteiger partial charge >= 0.3 is 0 Å². The third kappa shape index (κ3) is 5.26. The van der Waals surface area contributed by atoms with Gasteiger partial charge in [-0.2, -0.15) is 0 Å². The molecule has 2 aromatic carbocycles. The molecule has 8 heteroatoms. The molecule has 0 fully saturated rings. The molecule has 152 valence electrons. The Morgan fingerprint density at radius 2 is 1.69 bits per heavy atom. The lowest BCUT2D eigenvalue weighted by Gasteiger charge is -2.11. The Kier molecular flexibility index (Phi) is 7.11. The molecule has 0 atom stereocenters. The molecule has 0 aliphatic carbocycles. The van der Waals surface area contributed by atoms with Crippen LogP contribution in [0.25, 0.3) is 0 Å². The maximum absolute atomic E-state index is 12.4. The summed E-state index contributed by atoms with van der Waals surface area (Å²) in [5.74, 6) is 2.00. The molecule has 0 radical (unpaired) electrons. The minimum Gasteiger partial charge on any atom is -0.497 e. The SMILES string of the molecule is COc1cc(CSc2nc(Cc3c(Cl)cccc3Cl)c(C)c(=O)[nH]2)cc(OC)c1. The minimum atomic E-state index is -0.177. The smallest absolute Gasteiger partial charge is 0.254 e. The molecular formula is C21H20Cl2N2O3S. The summed E-state index contributed by atoms with van der Waals surface area (Å²) in [6.45, 7) is 1.74. The molecule has 0 bridgehead atoms. The number of H-pyrrole nitrogens is 1. The van der Waals surface area contributed by atoms with Crippen LogP contribution in [-0.2, 0) is 12.2 Å². The van der Waals surface area contributed by atoms with Crippen LogP contribution in [0.2, 0.25) is 10.0 Å². The highest BCUT2D eigenvalue weighted by molar-refractivity contribution is 7.98. The number of benzene rings is 2. The highest BCUT2D eigenvalue weighted by Crippen LogP contribution is 2.29. The van der Waals surface area contributed by atoms with E-state index in [4.69, 9.17) is 32.7 Å². The van der Waals surface area contributed by atoms with Crippen molar-refractivity contribution in [3.8, 4) is 11.5 Å². The number of thioether (sulfide) groups is 1. The van der Waals surface area contributed by atoms with Gasteiger partial charge < -0.3 is 14.5 Å². The minimum absolute atomic E-state index is 0.177. The lowest BCUT2D eigenvalue weighted by atomic mass is 10.1. The second-order valence-corrected chi connectivity index (χ2v) is 8.11. The molecule has 0 amide bonds. The molecule has 1 N–H and O–H groups in total. The fourth-order valence-electron chi connectivity index (χ4n) is 2.77. The number of aromatic nitrogens is 2. The van der Waals surface area contributed by atoms with Crippen molar-refractivity contribution in [2.75, 3.05) is 14.2 Å². The molecule has 0 saturated carbocycles. The molecular weight excluding hydrogens is 431 g/mol. The number of aromatic amines is 1. The van der Waals surface area contributed by atoms with Gasteiger partial charge in [-0.15, -0.1) is 0 Å². The van der Waals surface area contributed by atoms with Gasteiger partial charge in [0.2, 0.25) is 0 Å². The zero-order chi connectivity index (χ0) is 21.0. The summed E-state index contributed by atoms with van der Waals surface area (Å²) < 4.78 is 10.6. The van der Waals surface area contributed by atoms with Crippen molar-refractivity contribution >= 4 is 35.0 Å². The van der Waals surface area contributed by atoms with Gasteiger partial charge in [0.25, 0.3) is 5.56 Å². The van der Waals surface area contributed by atoms with E-state index in [1.54, 1.807) is 39.3 Å². The van der Waals surface area contributed by atoms with Crippen LogP contribution in [-0.4, -0.2) is 24.2 Å². The quantitative estimate of drug-likeness (QED) is 0.391. The predicted molar refractivity (Wildman–Crippen MR) is 118 cm³/mol. The van der Waals surface area contributed by atoms with Crippen molar-refractivity contribution in [2.24, 2.45) is 0 Å². The summed E-state index contributed by atoms with van der Waals surface area (Å²) in [5, 5.41) is 1.63. The zero-order valence-electron chi connectivity index (χ0n) is 16.2. The zero-order valence-corrected chi connectivity index (χ0v) is 18.5. The van der Waals surface area contributed by atoms with Crippen LogP contribution in [0.1, 0.15) is 22.4 Å². The first-order valence-corrected chi connectivity index (χ1v) is 10.5. The normalized spacial score (nSPS) is 10.8. The Hall–Kier alpha value is -2.15. The van der Waals surface area contributed by atoms with E-state index in [1.807, 2.05) is 18.2 Å². The van der Waals surface area contributed by atoms with Crippen LogP contribution in [0.3, 0.4) is 0 Å². The topological polar surface area (TPSA) is 64.2 Å². The van der Waals surface area contributed by atoms with E-state index < -0.39 is 0 Å². The van der Waals surface area contributed by atoms with E-state index in [1.165, 1.54) is 11.8 Å². The van der Waals surface area contributed by atoms with E-state index in [0.717, 1.165) is 11.1 Å². The monoisotopic (exact) mass is 450 g/mol. The van der Waals surface area contributed by atoms with Gasteiger partial charge in [0, 0.05) is 33.8 Å². The summed E-state index contributed by atoms with van der Waals surface area (Å²) in [6.07, 6.45) is 0.384. The molecule has 5 nitrogen and oxygen atoms in total. The molecule has 1 aromatic heterocycles. The van der Waals surface area contributed by atoms with Gasteiger partial charge in [-0.3, -0.25) is 4.79 Å². The van der Waals surface area contributed by atoms with Gasteiger partial charge in [0.1, 0.15) is 11.5 Å².